The van der Waals surface area contributed by atoms with Gasteiger partial charge in [-0.2, -0.15) is 0 Å². The Balaban J connectivity index is 1.29. The van der Waals surface area contributed by atoms with Crippen LogP contribution in [0.25, 0.3) is 71.3 Å². The molecular weight excluding hydrogens is 597 g/mol. The SMILES string of the molecule is c1ccc(-c2ccccc2N(c2ccc3c(c2)oc2c4ccccc4ccc32)c2cccc3c2c2ccccc2n3-c2ccccc2)cc1. The van der Waals surface area contributed by atoms with Crippen LogP contribution in [0.3, 0.4) is 0 Å². The number of nitrogens with zero attached hydrogens (tertiary/aromatic N) is 2. The average molecular weight is 627 g/mol. The highest BCUT2D eigenvalue weighted by Crippen LogP contribution is 2.47. The second-order valence-corrected chi connectivity index (χ2v) is 12.5. The lowest BCUT2D eigenvalue weighted by Crippen LogP contribution is -2.11. The minimum absolute atomic E-state index is 0.866. The number of para-hydroxylation sites is 3. The third-order valence-electron chi connectivity index (χ3n) is 9.77. The van der Waals surface area contributed by atoms with Gasteiger partial charge >= 0.3 is 0 Å². The summed E-state index contributed by atoms with van der Waals surface area (Å²) in [7, 11) is 0. The molecule has 2 heterocycles. The van der Waals surface area contributed by atoms with Gasteiger partial charge in [0.05, 0.1) is 22.4 Å². The Bertz CT molecular complexity index is 2830. The van der Waals surface area contributed by atoms with Crippen molar-refractivity contribution in [2.45, 2.75) is 0 Å². The predicted octanol–water partition coefficient (Wildman–Crippen LogP) is 13.0. The second-order valence-electron chi connectivity index (χ2n) is 12.5. The van der Waals surface area contributed by atoms with Crippen LogP contribution in [0.5, 0.6) is 0 Å². The molecule has 10 aromatic rings. The van der Waals surface area contributed by atoms with Gasteiger partial charge in [-0.15, -0.1) is 0 Å². The van der Waals surface area contributed by atoms with Crippen molar-refractivity contribution in [2.75, 3.05) is 4.90 Å². The van der Waals surface area contributed by atoms with Crippen molar-refractivity contribution in [2.24, 2.45) is 0 Å². The molecular formula is C46H30N2O. The number of anilines is 3. The smallest absolute Gasteiger partial charge is 0.143 e. The molecule has 0 saturated carbocycles. The van der Waals surface area contributed by atoms with Gasteiger partial charge in [0.1, 0.15) is 11.2 Å². The van der Waals surface area contributed by atoms with Crippen LogP contribution in [0.15, 0.2) is 186 Å². The third-order valence-corrected chi connectivity index (χ3v) is 9.77. The van der Waals surface area contributed by atoms with E-state index in [9.17, 15) is 0 Å². The van der Waals surface area contributed by atoms with E-state index < -0.39 is 0 Å². The van der Waals surface area contributed by atoms with E-state index in [0.29, 0.717) is 0 Å². The van der Waals surface area contributed by atoms with E-state index in [1.165, 1.54) is 27.2 Å². The fourth-order valence-corrected chi connectivity index (χ4v) is 7.61. The first-order valence-corrected chi connectivity index (χ1v) is 16.7. The first-order valence-electron chi connectivity index (χ1n) is 16.7. The van der Waals surface area contributed by atoms with Crippen molar-refractivity contribution in [3.8, 4) is 16.8 Å². The lowest BCUT2D eigenvalue weighted by molar-refractivity contribution is 0.673. The maximum Gasteiger partial charge on any atom is 0.143 e. The van der Waals surface area contributed by atoms with Crippen LogP contribution in [0.4, 0.5) is 17.1 Å². The third kappa shape index (κ3) is 4.29. The van der Waals surface area contributed by atoms with Crippen molar-refractivity contribution in [1.82, 2.24) is 4.57 Å². The molecule has 0 radical (unpaired) electrons. The highest BCUT2D eigenvalue weighted by atomic mass is 16.3. The molecule has 0 atom stereocenters. The van der Waals surface area contributed by atoms with Gasteiger partial charge in [-0.25, -0.2) is 0 Å². The number of aromatic nitrogens is 1. The summed E-state index contributed by atoms with van der Waals surface area (Å²) < 4.78 is 9.11. The first kappa shape index (κ1) is 27.5. The summed E-state index contributed by atoms with van der Waals surface area (Å²) in [6.45, 7) is 0. The summed E-state index contributed by atoms with van der Waals surface area (Å²) in [6, 6.07) is 64.9. The normalized spacial score (nSPS) is 11.7. The molecule has 0 fully saturated rings. The molecule has 0 aliphatic rings. The average Bonchev–Trinajstić information content (AvgIpc) is 3.72. The number of fused-ring (bicyclic) bond motifs is 8. The summed E-state index contributed by atoms with van der Waals surface area (Å²) in [4.78, 5) is 2.41. The lowest BCUT2D eigenvalue weighted by atomic mass is 10.0. The maximum atomic E-state index is 6.73. The van der Waals surface area contributed by atoms with E-state index >= 15 is 0 Å². The first-order chi connectivity index (χ1) is 24.3. The monoisotopic (exact) mass is 626 g/mol. The van der Waals surface area contributed by atoms with E-state index in [4.69, 9.17) is 4.42 Å². The summed E-state index contributed by atoms with van der Waals surface area (Å²) in [6.07, 6.45) is 0. The number of hydrogen-bond donors (Lipinski definition) is 0. The van der Waals surface area contributed by atoms with Crippen molar-refractivity contribution >= 4 is 71.6 Å². The topological polar surface area (TPSA) is 21.3 Å². The second kappa shape index (κ2) is 11.0. The Morgan fingerprint density at radius 3 is 2.00 bits per heavy atom. The maximum absolute atomic E-state index is 6.73. The number of hydrogen-bond acceptors (Lipinski definition) is 2. The van der Waals surface area contributed by atoms with E-state index in [1.807, 2.05) is 0 Å². The van der Waals surface area contributed by atoms with Crippen molar-refractivity contribution in [3.63, 3.8) is 0 Å². The number of rotatable bonds is 5. The summed E-state index contributed by atoms with van der Waals surface area (Å²) in [5, 5.41) is 6.94. The summed E-state index contributed by atoms with van der Waals surface area (Å²) >= 11 is 0. The molecule has 2 aromatic heterocycles. The molecule has 0 bridgehead atoms. The van der Waals surface area contributed by atoms with Crippen LogP contribution >= 0.6 is 0 Å². The van der Waals surface area contributed by atoms with Gasteiger partial charge in [0.15, 0.2) is 0 Å². The predicted molar refractivity (Wildman–Crippen MR) is 206 cm³/mol. The Kier molecular flexibility index (Phi) is 6.18. The largest absolute Gasteiger partial charge is 0.455 e. The van der Waals surface area contributed by atoms with E-state index in [0.717, 1.165) is 61.2 Å². The van der Waals surface area contributed by atoms with Gasteiger partial charge in [0.25, 0.3) is 0 Å². The van der Waals surface area contributed by atoms with E-state index in [1.54, 1.807) is 0 Å². The molecule has 0 spiro atoms. The van der Waals surface area contributed by atoms with Gasteiger partial charge in [0, 0.05) is 49.9 Å². The minimum Gasteiger partial charge on any atom is -0.455 e. The molecule has 0 aliphatic heterocycles. The molecule has 0 saturated heterocycles. The zero-order chi connectivity index (χ0) is 32.3. The summed E-state index contributed by atoms with van der Waals surface area (Å²) in [5.41, 5.74) is 10.8. The van der Waals surface area contributed by atoms with Crippen molar-refractivity contribution in [3.05, 3.63) is 182 Å². The van der Waals surface area contributed by atoms with Crippen LogP contribution in [-0.2, 0) is 0 Å². The molecule has 230 valence electrons. The van der Waals surface area contributed by atoms with Crippen LogP contribution < -0.4 is 4.90 Å². The molecule has 0 unspecified atom stereocenters. The standard InChI is InChI=1S/C46H30N2O/c1-3-14-31(15-4-1)35-19-9-11-22-40(35)48(34-27-29-37-38-28-26-32-16-7-8-20-36(32)46(38)49-44(37)30-34)43-25-13-24-42-45(43)39-21-10-12-23-41(39)47(42)33-17-5-2-6-18-33/h1-30H. The molecule has 3 nitrogen and oxygen atoms in total. The Labute approximate surface area is 283 Å². The van der Waals surface area contributed by atoms with Crippen molar-refractivity contribution < 1.29 is 4.42 Å². The Morgan fingerprint density at radius 2 is 1.12 bits per heavy atom. The fraction of sp³-hybridized carbons (Fsp3) is 0. The fourth-order valence-electron chi connectivity index (χ4n) is 7.61. The van der Waals surface area contributed by atoms with Crippen LogP contribution in [0, 0.1) is 0 Å². The molecule has 49 heavy (non-hydrogen) atoms. The lowest BCUT2D eigenvalue weighted by Gasteiger charge is -2.28. The van der Waals surface area contributed by atoms with Gasteiger partial charge in [0.2, 0.25) is 0 Å². The number of benzene rings is 8. The molecule has 3 heteroatoms. The van der Waals surface area contributed by atoms with Crippen LogP contribution in [0.1, 0.15) is 0 Å². The Hall–Kier alpha value is -6.58. The molecule has 8 aromatic carbocycles. The van der Waals surface area contributed by atoms with Gasteiger partial charge in [-0.3, -0.25) is 0 Å². The zero-order valence-electron chi connectivity index (χ0n) is 26.6. The highest BCUT2D eigenvalue weighted by Gasteiger charge is 2.24. The number of furan rings is 1. The molecule has 0 N–H and O–H groups in total. The Morgan fingerprint density at radius 1 is 0.449 bits per heavy atom. The van der Waals surface area contributed by atoms with Crippen LogP contribution in [-0.4, -0.2) is 4.57 Å². The van der Waals surface area contributed by atoms with E-state index in [2.05, 4.69) is 191 Å². The molecule has 0 amide bonds. The van der Waals surface area contributed by atoms with Gasteiger partial charge < -0.3 is 13.9 Å². The summed E-state index contributed by atoms with van der Waals surface area (Å²) in [5.74, 6) is 0. The molecule has 10 rings (SSSR count). The highest BCUT2D eigenvalue weighted by molar-refractivity contribution is 6.18. The minimum atomic E-state index is 0.866. The van der Waals surface area contributed by atoms with E-state index in [-0.39, 0.29) is 0 Å². The quantitative estimate of drug-likeness (QED) is 0.190. The van der Waals surface area contributed by atoms with Crippen molar-refractivity contribution in [1.29, 1.82) is 0 Å². The zero-order valence-corrected chi connectivity index (χ0v) is 26.6. The van der Waals surface area contributed by atoms with Crippen LogP contribution in [0.2, 0.25) is 0 Å². The molecule has 0 aliphatic carbocycles. The van der Waals surface area contributed by atoms with Gasteiger partial charge in [-0.05, 0) is 65.5 Å². The van der Waals surface area contributed by atoms with Gasteiger partial charge in [-0.1, -0.05) is 121 Å².